The van der Waals surface area contributed by atoms with Crippen molar-refractivity contribution in [2.24, 2.45) is 0 Å². The van der Waals surface area contributed by atoms with E-state index in [0.717, 1.165) is 44.3 Å². The molecule has 1 N–H and O–H groups in total. The topological polar surface area (TPSA) is 64.6 Å². The maximum absolute atomic E-state index is 12.2. The van der Waals surface area contributed by atoms with Crippen LogP contribution in [0.2, 0.25) is 0 Å². The van der Waals surface area contributed by atoms with Gasteiger partial charge in [-0.15, -0.1) is 0 Å². The Hall–Kier alpha value is -2.04. The fourth-order valence-corrected chi connectivity index (χ4v) is 2.87. The largest absolute Gasteiger partial charge is 0.494 e. The molecular weight excluding hydrogens is 318 g/mol. The van der Waals surface area contributed by atoms with Gasteiger partial charge < -0.3 is 14.8 Å². The number of ether oxygens (including phenoxy) is 2. The number of hydrogen-bond acceptors (Lipinski definition) is 4. The molecule has 0 spiro atoms. The zero-order valence-corrected chi connectivity index (χ0v) is 15.3. The lowest BCUT2D eigenvalue weighted by molar-refractivity contribution is -0.130. The first-order chi connectivity index (χ1) is 12.1. The van der Waals surface area contributed by atoms with Crippen molar-refractivity contribution in [2.75, 3.05) is 6.61 Å². The van der Waals surface area contributed by atoms with Gasteiger partial charge in [-0.05, 0) is 50.5 Å². The Morgan fingerprint density at radius 3 is 2.48 bits per heavy atom. The molecule has 1 aliphatic rings. The van der Waals surface area contributed by atoms with E-state index in [4.69, 9.17) is 9.47 Å². The monoisotopic (exact) mass is 347 g/mol. The molecule has 5 heteroatoms. The van der Waals surface area contributed by atoms with Gasteiger partial charge in [0.05, 0.1) is 12.2 Å². The Kier molecular flexibility index (Phi) is 7.76. The quantitative estimate of drug-likeness (QED) is 0.573. The maximum atomic E-state index is 12.2. The summed E-state index contributed by atoms with van der Waals surface area (Å²) < 4.78 is 10.9. The second kappa shape index (κ2) is 10.1. The van der Waals surface area contributed by atoms with Crippen molar-refractivity contribution in [3.63, 3.8) is 0 Å². The Morgan fingerprint density at radius 1 is 1.16 bits per heavy atom. The van der Waals surface area contributed by atoms with Crippen LogP contribution in [0.15, 0.2) is 24.3 Å². The van der Waals surface area contributed by atoms with Gasteiger partial charge in [-0.3, -0.25) is 4.79 Å². The van der Waals surface area contributed by atoms with E-state index in [0.29, 0.717) is 12.2 Å². The van der Waals surface area contributed by atoms with Gasteiger partial charge in [0.1, 0.15) is 5.75 Å². The van der Waals surface area contributed by atoms with Crippen LogP contribution >= 0.6 is 0 Å². The van der Waals surface area contributed by atoms with Crippen molar-refractivity contribution in [1.29, 1.82) is 0 Å². The molecule has 1 aliphatic carbocycles. The molecule has 25 heavy (non-hydrogen) atoms. The van der Waals surface area contributed by atoms with Crippen molar-refractivity contribution in [2.45, 2.75) is 70.9 Å². The molecule has 1 amide bonds. The van der Waals surface area contributed by atoms with E-state index in [9.17, 15) is 9.59 Å². The van der Waals surface area contributed by atoms with Crippen LogP contribution < -0.4 is 10.1 Å². The minimum Gasteiger partial charge on any atom is -0.494 e. The molecular formula is C20H29NO4. The van der Waals surface area contributed by atoms with Crippen LogP contribution in [-0.2, 0) is 9.53 Å². The normalized spacial score (nSPS) is 16.1. The molecule has 0 heterocycles. The summed E-state index contributed by atoms with van der Waals surface area (Å²) in [4.78, 5) is 24.4. The van der Waals surface area contributed by atoms with Gasteiger partial charge in [0.15, 0.2) is 6.10 Å². The number of benzene rings is 1. The molecule has 0 aromatic heterocycles. The molecule has 1 atom stereocenters. The summed E-state index contributed by atoms with van der Waals surface area (Å²) in [5, 5.41) is 2.98. The Bertz CT molecular complexity index is 549. The molecule has 1 aromatic rings. The average Bonchev–Trinajstić information content (AvgIpc) is 2.63. The van der Waals surface area contributed by atoms with E-state index < -0.39 is 12.1 Å². The highest BCUT2D eigenvalue weighted by Gasteiger charge is 2.22. The van der Waals surface area contributed by atoms with E-state index in [2.05, 4.69) is 12.2 Å². The van der Waals surface area contributed by atoms with Gasteiger partial charge in [0.25, 0.3) is 5.91 Å². The van der Waals surface area contributed by atoms with Crippen LogP contribution in [0, 0.1) is 0 Å². The van der Waals surface area contributed by atoms with Gasteiger partial charge in [0.2, 0.25) is 0 Å². The summed E-state index contributed by atoms with van der Waals surface area (Å²) in [7, 11) is 0. The Morgan fingerprint density at radius 2 is 1.84 bits per heavy atom. The standard InChI is InChI=1S/C20H29NO4/c1-3-4-14-24-18-12-10-16(11-13-18)20(23)25-15(2)19(22)21-17-8-6-5-7-9-17/h10-13,15,17H,3-9,14H2,1-2H3,(H,21,22)/t15-/m0/s1. The predicted molar refractivity (Wildman–Crippen MR) is 96.7 cm³/mol. The molecule has 0 saturated heterocycles. The molecule has 1 aromatic carbocycles. The predicted octanol–water partition coefficient (Wildman–Crippen LogP) is 3.86. The van der Waals surface area contributed by atoms with Crippen LogP contribution in [0.4, 0.5) is 0 Å². The van der Waals surface area contributed by atoms with Gasteiger partial charge in [-0.25, -0.2) is 4.79 Å². The van der Waals surface area contributed by atoms with E-state index in [1.807, 2.05) is 0 Å². The fraction of sp³-hybridized carbons (Fsp3) is 0.600. The van der Waals surface area contributed by atoms with Gasteiger partial charge in [-0.2, -0.15) is 0 Å². The zero-order chi connectivity index (χ0) is 18.1. The number of carbonyl (C=O) groups is 2. The third kappa shape index (κ3) is 6.40. The number of rotatable bonds is 8. The zero-order valence-electron chi connectivity index (χ0n) is 15.3. The SMILES string of the molecule is CCCCOc1ccc(C(=O)O[C@@H](C)C(=O)NC2CCCCC2)cc1. The molecule has 0 unspecified atom stereocenters. The van der Waals surface area contributed by atoms with Crippen molar-refractivity contribution in [1.82, 2.24) is 5.32 Å². The van der Waals surface area contributed by atoms with Crippen LogP contribution in [0.25, 0.3) is 0 Å². The molecule has 0 aliphatic heterocycles. The van der Waals surface area contributed by atoms with Crippen LogP contribution in [-0.4, -0.2) is 30.6 Å². The molecule has 138 valence electrons. The van der Waals surface area contributed by atoms with Crippen molar-refractivity contribution >= 4 is 11.9 Å². The van der Waals surface area contributed by atoms with Crippen molar-refractivity contribution in [3.8, 4) is 5.75 Å². The molecule has 1 fully saturated rings. The number of esters is 1. The summed E-state index contributed by atoms with van der Waals surface area (Å²) in [5.74, 6) is 0.0132. The molecule has 0 radical (unpaired) electrons. The summed E-state index contributed by atoms with van der Waals surface area (Å²) in [6.45, 7) is 4.38. The minimum atomic E-state index is -0.796. The lowest BCUT2D eigenvalue weighted by atomic mass is 9.95. The van der Waals surface area contributed by atoms with E-state index in [1.54, 1.807) is 31.2 Å². The lowest BCUT2D eigenvalue weighted by Gasteiger charge is -2.24. The summed E-state index contributed by atoms with van der Waals surface area (Å²) in [5.41, 5.74) is 0.417. The van der Waals surface area contributed by atoms with Gasteiger partial charge in [-0.1, -0.05) is 32.6 Å². The van der Waals surface area contributed by atoms with Crippen LogP contribution in [0.5, 0.6) is 5.75 Å². The molecule has 5 nitrogen and oxygen atoms in total. The van der Waals surface area contributed by atoms with Gasteiger partial charge >= 0.3 is 5.97 Å². The van der Waals surface area contributed by atoms with E-state index >= 15 is 0 Å². The first kappa shape index (κ1) is 19.3. The van der Waals surface area contributed by atoms with Gasteiger partial charge in [0, 0.05) is 6.04 Å². The van der Waals surface area contributed by atoms with Crippen molar-refractivity contribution < 1.29 is 19.1 Å². The van der Waals surface area contributed by atoms with Crippen molar-refractivity contribution in [3.05, 3.63) is 29.8 Å². The number of unbranched alkanes of at least 4 members (excludes halogenated alkanes) is 1. The smallest absolute Gasteiger partial charge is 0.338 e. The molecule has 0 bridgehead atoms. The highest BCUT2D eigenvalue weighted by atomic mass is 16.5. The van der Waals surface area contributed by atoms with Crippen LogP contribution in [0.1, 0.15) is 69.2 Å². The minimum absolute atomic E-state index is 0.210. The van der Waals surface area contributed by atoms with Crippen LogP contribution in [0.3, 0.4) is 0 Å². The molecule has 1 saturated carbocycles. The highest BCUT2D eigenvalue weighted by Crippen LogP contribution is 2.18. The second-order valence-corrected chi connectivity index (χ2v) is 6.62. The Balaban J connectivity index is 1.80. The number of amides is 1. The summed E-state index contributed by atoms with van der Waals surface area (Å²) in [6.07, 6.45) is 6.81. The Labute approximate surface area is 150 Å². The maximum Gasteiger partial charge on any atom is 0.338 e. The number of carbonyl (C=O) groups excluding carboxylic acids is 2. The fourth-order valence-electron chi connectivity index (χ4n) is 2.87. The third-order valence-corrected chi connectivity index (χ3v) is 4.46. The first-order valence-corrected chi connectivity index (χ1v) is 9.34. The van der Waals surface area contributed by atoms with E-state index in [-0.39, 0.29) is 11.9 Å². The summed E-state index contributed by atoms with van der Waals surface area (Å²) in [6, 6.07) is 7.03. The number of nitrogens with one attached hydrogen (secondary N) is 1. The lowest BCUT2D eigenvalue weighted by Crippen LogP contribution is -2.42. The molecule has 2 rings (SSSR count). The summed E-state index contributed by atoms with van der Waals surface area (Å²) >= 11 is 0. The third-order valence-electron chi connectivity index (χ3n) is 4.46. The highest BCUT2D eigenvalue weighted by molar-refractivity contribution is 5.92. The van der Waals surface area contributed by atoms with E-state index in [1.165, 1.54) is 6.42 Å². The average molecular weight is 347 g/mol. The first-order valence-electron chi connectivity index (χ1n) is 9.34. The second-order valence-electron chi connectivity index (χ2n) is 6.62. The number of hydrogen-bond donors (Lipinski definition) is 1.